The van der Waals surface area contributed by atoms with Crippen molar-refractivity contribution in [3.8, 4) is 0 Å². The van der Waals surface area contributed by atoms with E-state index in [1.165, 1.54) is 12.1 Å². The second-order valence-corrected chi connectivity index (χ2v) is 12.6. The van der Waals surface area contributed by atoms with Gasteiger partial charge >= 0.3 is 12.4 Å². The summed E-state index contributed by atoms with van der Waals surface area (Å²) >= 11 is 0. The van der Waals surface area contributed by atoms with Gasteiger partial charge in [0.2, 0.25) is 11.8 Å². The van der Waals surface area contributed by atoms with E-state index in [9.17, 15) is 35.5 Å². The van der Waals surface area contributed by atoms with Crippen LogP contribution >= 0.6 is 12.4 Å². The van der Waals surface area contributed by atoms with Crippen LogP contribution in [0.2, 0.25) is 0 Å². The largest absolute Gasteiger partial charge is 0.416 e. The van der Waals surface area contributed by atoms with Crippen LogP contribution in [0.5, 0.6) is 0 Å². The first kappa shape index (κ1) is 34.2. The van der Waals surface area contributed by atoms with Crippen LogP contribution in [0.25, 0.3) is 0 Å². The Bertz CT molecular complexity index is 1500. The molecule has 1 amide bonds. The number of aromatic nitrogens is 2. The lowest BCUT2D eigenvalue weighted by atomic mass is 9.78. The van der Waals surface area contributed by atoms with Crippen molar-refractivity contribution in [2.75, 3.05) is 13.1 Å². The molecule has 1 saturated heterocycles. The minimum Gasteiger partial charge on any atom is -0.352 e. The van der Waals surface area contributed by atoms with Crippen LogP contribution in [0.15, 0.2) is 47.0 Å². The fourth-order valence-corrected chi connectivity index (χ4v) is 7.44. The van der Waals surface area contributed by atoms with E-state index < -0.39 is 35.4 Å². The summed E-state index contributed by atoms with van der Waals surface area (Å²) in [6.07, 6.45) is -5.80. The molecule has 14 heteroatoms. The van der Waals surface area contributed by atoms with Gasteiger partial charge in [-0.05, 0) is 105 Å². The number of amides is 1. The van der Waals surface area contributed by atoms with Crippen molar-refractivity contribution in [3.63, 3.8) is 0 Å². The summed E-state index contributed by atoms with van der Waals surface area (Å²) in [7, 11) is 0. The van der Waals surface area contributed by atoms with Crippen molar-refractivity contribution in [2.24, 2.45) is 11.3 Å². The maximum atomic E-state index is 14.0. The first-order valence-electron chi connectivity index (χ1n) is 15.1. The zero-order chi connectivity index (χ0) is 32.1. The number of hydrogen-bond donors (Lipinski definition) is 1. The highest BCUT2D eigenvalue weighted by Gasteiger charge is 2.61. The molecule has 2 heterocycles. The van der Waals surface area contributed by atoms with Crippen molar-refractivity contribution >= 4 is 18.3 Å². The Morgan fingerprint density at radius 2 is 1.63 bits per heavy atom. The second kappa shape index (κ2) is 12.8. The standard InChI is InChI=1S/C32H33F7N4O2.ClH/c1-18-41-28(42-45-18)26-15-27(26)30(29(44)40-17-19-12-22(31(34,35)36)14-23(13-19)32(37,38)39)9-6-25(16-30)43-10-7-21(8-11-43)20-2-4-24(33)5-3-20;/h2-5,12-14,21,25-27H,6-11,15-17H2,1H3,(H,40,44);1H. The molecule has 2 aromatic carbocycles. The number of carbonyl (C=O) groups excluding carboxylic acids is 1. The van der Waals surface area contributed by atoms with Crippen molar-refractivity contribution in [3.05, 3.63) is 82.3 Å². The molecular weight excluding hydrogens is 641 g/mol. The van der Waals surface area contributed by atoms with Gasteiger partial charge < -0.3 is 14.7 Å². The summed E-state index contributed by atoms with van der Waals surface area (Å²) in [6.45, 7) is 2.79. The van der Waals surface area contributed by atoms with Crippen LogP contribution in [0.4, 0.5) is 30.7 Å². The lowest BCUT2D eigenvalue weighted by Crippen LogP contribution is -2.44. The Morgan fingerprint density at radius 1 is 1.00 bits per heavy atom. The van der Waals surface area contributed by atoms with E-state index in [1.54, 1.807) is 6.92 Å². The van der Waals surface area contributed by atoms with Gasteiger partial charge in [-0.3, -0.25) is 4.79 Å². The highest BCUT2D eigenvalue weighted by molar-refractivity contribution is 5.85. The SMILES string of the molecule is Cc1nc(C2CC2C2(C(=O)NCc3cc(C(F)(F)F)cc(C(F)(F)F)c3)CCC(N3CCC(c4ccc(F)cc4)CC3)C2)no1.Cl. The average Bonchev–Trinajstić information content (AvgIpc) is 3.47. The van der Waals surface area contributed by atoms with E-state index in [2.05, 4.69) is 20.4 Å². The predicted octanol–water partition coefficient (Wildman–Crippen LogP) is 7.81. The van der Waals surface area contributed by atoms with Crippen LogP contribution in [0.1, 0.15) is 84.3 Å². The minimum atomic E-state index is -4.98. The number of carbonyl (C=O) groups is 1. The van der Waals surface area contributed by atoms with Gasteiger partial charge in [0.1, 0.15) is 5.82 Å². The third-order valence-corrected chi connectivity index (χ3v) is 9.84. The molecule has 2 saturated carbocycles. The number of piperidine rings is 1. The topological polar surface area (TPSA) is 71.3 Å². The molecule has 2 aliphatic carbocycles. The van der Waals surface area contributed by atoms with Crippen molar-refractivity contribution in [2.45, 2.75) is 82.2 Å². The number of benzene rings is 2. The highest BCUT2D eigenvalue weighted by Crippen LogP contribution is 2.62. The maximum absolute atomic E-state index is 14.0. The Labute approximate surface area is 267 Å². The molecule has 3 fully saturated rings. The molecule has 1 N–H and O–H groups in total. The second-order valence-electron chi connectivity index (χ2n) is 12.6. The fraction of sp³-hybridized carbons (Fsp3) is 0.531. The van der Waals surface area contributed by atoms with Crippen LogP contribution in [0.3, 0.4) is 0 Å². The van der Waals surface area contributed by atoms with E-state index in [4.69, 9.17) is 4.52 Å². The number of nitrogens with zero attached hydrogens (tertiary/aromatic N) is 3. The third-order valence-electron chi connectivity index (χ3n) is 9.84. The minimum absolute atomic E-state index is 0. The van der Waals surface area contributed by atoms with E-state index in [-0.39, 0.29) is 53.6 Å². The van der Waals surface area contributed by atoms with Gasteiger partial charge in [0, 0.05) is 25.4 Å². The predicted molar refractivity (Wildman–Crippen MR) is 155 cm³/mol. The van der Waals surface area contributed by atoms with Crippen LogP contribution < -0.4 is 5.32 Å². The number of hydrogen-bond acceptors (Lipinski definition) is 5. The highest BCUT2D eigenvalue weighted by atomic mass is 35.5. The van der Waals surface area contributed by atoms with Gasteiger partial charge in [0.05, 0.1) is 16.5 Å². The summed E-state index contributed by atoms with van der Waals surface area (Å²) in [4.78, 5) is 20.7. The summed E-state index contributed by atoms with van der Waals surface area (Å²) in [6, 6.07) is 8.02. The van der Waals surface area contributed by atoms with Gasteiger partial charge in [-0.15, -0.1) is 12.4 Å². The molecule has 0 radical (unpaired) electrons. The van der Waals surface area contributed by atoms with Crippen molar-refractivity contribution in [1.29, 1.82) is 0 Å². The molecule has 3 aromatic rings. The summed E-state index contributed by atoms with van der Waals surface area (Å²) in [5.41, 5.74) is -2.91. The van der Waals surface area contributed by atoms with Gasteiger partial charge in [0.25, 0.3) is 0 Å². The number of nitrogens with one attached hydrogen (secondary N) is 1. The lowest BCUT2D eigenvalue weighted by Gasteiger charge is -2.37. The molecule has 0 spiro atoms. The molecule has 0 bridgehead atoms. The van der Waals surface area contributed by atoms with E-state index in [0.29, 0.717) is 49.0 Å². The molecule has 46 heavy (non-hydrogen) atoms. The summed E-state index contributed by atoms with van der Waals surface area (Å²) in [5, 5.41) is 6.74. The molecule has 1 aliphatic heterocycles. The first-order valence-corrected chi connectivity index (χ1v) is 15.1. The number of halogens is 8. The van der Waals surface area contributed by atoms with Gasteiger partial charge in [0.15, 0.2) is 5.82 Å². The molecule has 250 valence electrons. The van der Waals surface area contributed by atoms with Crippen molar-refractivity contribution in [1.82, 2.24) is 20.4 Å². The Morgan fingerprint density at radius 3 is 2.20 bits per heavy atom. The zero-order valence-electron chi connectivity index (χ0n) is 24.9. The number of likely N-dealkylation sites (tertiary alicyclic amines) is 1. The van der Waals surface area contributed by atoms with E-state index in [1.807, 2.05) is 12.1 Å². The normalized spacial score (nSPS) is 25.7. The van der Waals surface area contributed by atoms with Gasteiger partial charge in [-0.25, -0.2) is 4.39 Å². The van der Waals surface area contributed by atoms with Gasteiger partial charge in [-0.1, -0.05) is 17.3 Å². The van der Waals surface area contributed by atoms with Crippen LogP contribution in [-0.4, -0.2) is 40.1 Å². The van der Waals surface area contributed by atoms with Crippen LogP contribution in [0, 0.1) is 24.1 Å². The average molecular weight is 675 g/mol. The van der Waals surface area contributed by atoms with Gasteiger partial charge in [-0.2, -0.15) is 31.3 Å². The molecule has 1 aromatic heterocycles. The number of alkyl halides is 6. The van der Waals surface area contributed by atoms with E-state index in [0.717, 1.165) is 37.9 Å². The molecule has 3 aliphatic rings. The molecule has 4 atom stereocenters. The third kappa shape index (κ3) is 7.05. The first-order chi connectivity index (χ1) is 21.2. The van der Waals surface area contributed by atoms with Crippen molar-refractivity contribution < 1.29 is 40.1 Å². The Hall–Kier alpha value is -3.19. The molecule has 4 unspecified atom stereocenters. The molecule has 6 rings (SSSR count). The zero-order valence-corrected chi connectivity index (χ0v) is 25.7. The number of rotatable bonds is 7. The Balaban J connectivity index is 0.00000417. The lowest BCUT2D eigenvalue weighted by molar-refractivity contribution is -0.143. The smallest absolute Gasteiger partial charge is 0.352 e. The molecule has 6 nitrogen and oxygen atoms in total. The summed E-state index contributed by atoms with van der Waals surface area (Å²) < 4.78 is 99.1. The Kier molecular flexibility index (Phi) is 9.49. The maximum Gasteiger partial charge on any atom is 0.416 e. The molecular formula is C32H34ClF7N4O2. The monoisotopic (exact) mass is 674 g/mol. The summed E-state index contributed by atoms with van der Waals surface area (Å²) in [5.74, 6) is 0.281. The fourth-order valence-electron chi connectivity index (χ4n) is 7.44. The quantitative estimate of drug-likeness (QED) is 0.259. The van der Waals surface area contributed by atoms with Crippen LogP contribution in [-0.2, 0) is 23.7 Å². The number of aryl methyl sites for hydroxylation is 1. The van der Waals surface area contributed by atoms with E-state index >= 15 is 0 Å².